The average Bonchev–Trinajstić information content (AvgIpc) is 2.83. The van der Waals surface area contributed by atoms with Crippen molar-refractivity contribution in [2.45, 2.75) is 20.3 Å². The molecule has 0 amide bonds. The van der Waals surface area contributed by atoms with E-state index in [2.05, 4.69) is 0 Å². The van der Waals surface area contributed by atoms with Crippen molar-refractivity contribution in [2.24, 2.45) is 0 Å². The van der Waals surface area contributed by atoms with Gasteiger partial charge >= 0.3 is 0 Å². The van der Waals surface area contributed by atoms with Gasteiger partial charge in [-0.25, -0.2) is 0 Å². The SMILES string of the molecule is Cc1ccc([O-])c(-c2ccccc2OCCCOc2ccccc2-c2cc(C)ccc2[O-])c1. The van der Waals surface area contributed by atoms with E-state index < -0.39 is 0 Å². The first-order valence-corrected chi connectivity index (χ1v) is 11.0. The largest absolute Gasteiger partial charge is 0.872 e. The maximum Gasteiger partial charge on any atom is 0.127 e. The summed E-state index contributed by atoms with van der Waals surface area (Å²) in [6.45, 7) is 4.81. The van der Waals surface area contributed by atoms with Gasteiger partial charge in [-0.2, -0.15) is 0 Å². The number of hydrogen-bond donors (Lipinski definition) is 0. The number of hydrogen-bond acceptors (Lipinski definition) is 4. The number of ether oxygens (including phenoxy) is 2. The highest BCUT2D eigenvalue weighted by atomic mass is 16.5. The van der Waals surface area contributed by atoms with Crippen LogP contribution in [0.4, 0.5) is 0 Å². The minimum absolute atomic E-state index is 0.0227. The highest BCUT2D eigenvalue weighted by Gasteiger charge is 2.09. The normalized spacial score (nSPS) is 10.7. The molecule has 0 aromatic heterocycles. The summed E-state index contributed by atoms with van der Waals surface area (Å²) in [5.41, 5.74) is 4.92. The van der Waals surface area contributed by atoms with E-state index in [1.807, 2.05) is 86.6 Å². The zero-order valence-corrected chi connectivity index (χ0v) is 18.8. The van der Waals surface area contributed by atoms with Crippen LogP contribution in [0.15, 0.2) is 84.9 Å². The first-order valence-electron chi connectivity index (χ1n) is 11.0. The molecular formula is C29H26O4-2. The van der Waals surface area contributed by atoms with Crippen LogP contribution < -0.4 is 19.7 Å². The first kappa shape index (κ1) is 22.3. The van der Waals surface area contributed by atoms with Gasteiger partial charge < -0.3 is 19.7 Å². The second-order valence-corrected chi connectivity index (χ2v) is 8.04. The molecule has 0 radical (unpaired) electrons. The van der Waals surface area contributed by atoms with Crippen molar-refractivity contribution >= 4 is 0 Å². The van der Waals surface area contributed by atoms with Crippen molar-refractivity contribution in [2.75, 3.05) is 13.2 Å². The fraction of sp³-hybridized carbons (Fsp3) is 0.172. The Bertz CT molecular complexity index is 1150. The van der Waals surface area contributed by atoms with Crippen LogP contribution in [-0.2, 0) is 0 Å². The molecule has 4 nitrogen and oxygen atoms in total. The van der Waals surface area contributed by atoms with Gasteiger partial charge in [0.1, 0.15) is 11.5 Å². The Labute approximate surface area is 194 Å². The summed E-state index contributed by atoms with van der Waals surface area (Å²) in [5.74, 6) is 1.31. The summed E-state index contributed by atoms with van der Waals surface area (Å²) in [4.78, 5) is 0. The summed E-state index contributed by atoms with van der Waals surface area (Å²) in [7, 11) is 0. The number of benzene rings is 4. The highest BCUT2D eigenvalue weighted by molar-refractivity contribution is 5.76. The maximum atomic E-state index is 12.4. The molecule has 0 atom stereocenters. The third-order valence-electron chi connectivity index (χ3n) is 5.43. The maximum absolute atomic E-state index is 12.4. The zero-order valence-electron chi connectivity index (χ0n) is 18.8. The molecule has 4 aromatic rings. The van der Waals surface area contributed by atoms with Gasteiger partial charge in [0.05, 0.1) is 13.2 Å². The molecule has 0 heterocycles. The lowest BCUT2D eigenvalue weighted by molar-refractivity contribution is -0.268. The van der Waals surface area contributed by atoms with E-state index >= 15 is 0 Å². The minimum atomic E-state index is -0.0227. The van der Waals surface area contributed by atoms with E-state index in [0.29, 0.717) is 42.3 Å². The molecule has 4 heteroatoms. The zero-order chi connectivity index (χ0) is 23.2. The quantitative estimate of drug-likeness (QED) is 0.334. The Morgan fingerprint density at radius 3 is 1.42 bits per heavy atom. The van der Waals surface area contributed by atoms with Crippen LogP contribution in [0.5, 0.6) is 23.0 Å². The molecule has 33 heavy (non-hydrogen) atoms. The second-order valence-electron chi connectivity index (χ2n) is 8.04. The summed E-state index contributed by atoms with van der Waals surface area (Å²) in [6, 6.07) is 25.8. The van der Waals surface area contributed by atoms with Crippen LogP contribution in [0.2, 0.25) is 0 Å². The topological polar surface area (TPSA) is 64.6 Å². The molecule has 0 bridgehead atoms. The van der Waals surface area contributed by atoms with Crippen LogP contribution in [0.25, 0.3) is 22.3 Å². The van der Waals surface area contributed by atoms with Crippen molar-refractivity contribution in [3.63, 3.8) is 0 Å². The molecule has 0 saturated carbocycles. The summed E-state index contributed by atoms with van der Waals surface area (Å²) >= 11 is 0. The Hall–Kier alpha value is -3.92. The predicted octanol–water partition coefficient (Wildman–Crippen LogP) is 5.63. The van der Waals surface area contributed by atoms with E-state index in [1.54, 1.807) is 12.1 Å². The predicted molar refractivity (Wildman–Crippen MR) is 128 cm³/mol. The van der Waals surface area contributed by atoms with Gasteiger partial charge in [-0.3, -0.25) is 0 Å². The Morgan fingerprint density at radius 2 is 0.970 bits per heavy atom. The number of rotatable bonds is 8. The molecular weight excluding hydrogens is 412 g/mol. The van der Waals surface area contributed by atoms with E-state index in [9.17, 15) is 10.2 Å². The van der Waals surface area contributed by atoms with E-state index in [-0.39, 0.29) is 11.5 Å². The summed E-state index contributed by atoms with van der Waals surface area (Å²) in [5, 5.41) is 24.7. The molecule has 0 aliphatic rings. The van der Waals surface area contributed by atoms with E-state index in [1.165, 1.54) is 0 Å². The van der Waals surface area contributed by atoms with E-state index in [4.69, 9.17) is 9.47 Å². The third kappa shape index (κ3) is 5.29. The molecule has 168 valence electrons. The Morgan fingerprint density at radius 1 is 0.545 bits per heavy atom. The average molecular weight is 439 g/mol. The van der Waals surface area contributed by atoms with Crippen molar-refractivity contribution in [1.82, 2.24) is 0 Å². The standard InChI is InChI=1S/C29H28O4/c1-20-12-14-26(30)24(18-20)22-8-3-5-10-28(22)32-16-7-17-33-29-11-6-4-9-23(29)25-19-21(2)13-15-27(25)31/h3-6,8-15,18-19,30-31H,7,16-17H2,1-2H3/p-2. The smallest absolute Gasteiger partial charge is 0.127 e. The van der Waals surface area contributed by atoms with Gasteiger partial charge in [0.2, 0.25) is 0 Å². The molecule has 0 aliphatic heterocycles. The Balaban J connectivity index is 1.40. The van der Waals surface area contributed by atoms with Gasteiger partial charge in [0.15, 0.2) is 0 Å². The van der Waals surface area contributed by atoms with Crippen LogP contribution in [0.1, 0.15) is 17.5 Å². The third-order valence-corrected chi connectivity index (χ3v) is 5.43. The molecule has 0 N–H and O–H groups in total. The lowest BCUT2D eigenvalue weighted by atomic mass is 10.0. The molecule has 0 spiro atoms. The molecule has 4 rings (SSSR count). The number of para-hydroxylation sites is 2. The van der Waals surface area contributed by atoms with Gasteiger partial charge in [0, 0.05) is 17.5 Å². The second kappa shape index (κ2) is 10.1. The lowest BCUT2D eigenvalue weighted by Crippen LogP contribution is -2.06. The van der Waals surface area contributed by atoms with Crippen molar-refractivity contribution in [3.8, 4) is 45.3 Å². The van der Waals surface area contributed by atoms with Crippen molar-refractivity contribution in [3.05, 3.63) is 96.1 Å². The van der Waals surface area contributed by atoms with Crippen LogP contribution in [0, 0.1) is 13.8 Å². The van der Waals surface area contributed by atoms with E-state index in [0.717, 1.165) is 22.3 Å². The Kier molecular flexibility index (Phi) is 6.84. The fourth-order valence-electron chi connectivity index (χ4n) is 3.76. The number of aryl methyl sites for hydroxylation is 2. The van der Waals surface area contributed by atoms with Crippen LogP contribution >= 0.6 is 0 Å². The minimum Gasteiger partial charge on any atom is -0.872 e. The van der Waals surface area contributed by atoms with Crippen LogP contribution in [0.3, 0.4) is 0 Å². The van der Waals surface area contributed by atoms with Crippen molar-refractivity contribution in [1.29, 1.82) is 0 Å². The monoisotopic (exact) mass is 438 g/mol. The van der Waals surface area contributed by atoms with Gasteiger partial charge in [0.25, 0.3) is 0 Å². The first-order chi connectivity index (χ1) is 16.0. The molecule has 4 aromatic carbocycles. The van der Waals surface area contributed by atoms with Gasteiger partial charge in [-0.05, 0) is 37.1 Å². The fourth-order valence-corrected chi connectivity index (χ4v) is 3.76. The molecule has 0 saturated heterocycles. The summed E-state index contributed by atoms with van der Waals surface area (Å²) < 4.78 is 12.0. The van der Waals surface area contributed by atoms with Gasteiger partial charge in [-0.15, -0.1) is 11.5 Å². The molecule has 0 fully saturated rings. The van der Waals surface area contributed by atoms with Crippen molar-refractivity contribution < 1.29 is 19.7 Å². The lowest BCUT2D eigenvalue weighted by Gasteiger charge is -2.19. The van der Waals surface area contributed by atoms with Crippen LogP contribution in [-0.4, -0.2) is 13.2 Å². The van der Waals surface area contributed by atoms with Gasteiger partial charge in [-0.1, -0.05) is 83.9 Å². The highest BCUT2D eigenvalue weighted by Crippen LogP contribution is 2.36. The molecule has 0 aliphatic carbocycles. The molecule has 0 unspecified atom stereocenters. The summed E-state index contributed by atoms with van der Waals surface area (Å²) in [6.07, 6.45) is 0.652.